The summed E-state index contributed by atoms with van der Waals surface area (Å²) >= 11 is 0. The first-order valence-electron chi connectivity index (χ1n) is 16.8. The third-order valence-corrected chi connectivity index (χ3v) is 9.60. The molecule has 4 nitrogen and oxygen atoms in total. The maximum absolute atomic E-state index is 6.19. The molecule has 234 valence electrons. The lowest BCUT2D eigenvalue weighted by Crippen LogP contribution is -2.09. The number of rotatable bonds is 5. The van der Waals surface area contributed by atoms with Crippen LogP contribution < -0.4 is 4.90 Å². The van der Waals surface area contributed by atoms with Crippen molar-refractivity contribution in [2.75, 3.05) is 4.90 Å². The number of furan rings is 1. The zero-order valence-electron chi connectivity index (χ0n) is 27.0. The Morgan fingerprint density at radius 2 is 0.960 bits per heavy atom. The summed E-state index contributed by atoms with van der Waals surface area (Å²) in [7, 11) is 0. The normalized spacial score (nSPS) is 11.6. The number of para-hydroxylation sites is 2. The number of nitrogens with zero attached hydrogens (tertiary/aromatic N) is 3. The van der Waals surface area contributed by atoms with Crippen LogP contribution in [0.15, 0.2) is 180 Å². The van der Waals surface area contributed by atoms with Crippen LogP contribution >= 0.6 is 0 Å². The second-order valence-corrected chi connectivity index (χ2v) is 12.6. The molecule has 50 heavy (non-hydrogen) atoms. The summed E-state index contributed by atoms with van der Waals surface area (Å²) < 4.78 is 6.19. The van der Waals surface area contributed by atoms with E-state index in [9.17, 15) is 0 Å². The van der Waals surface area contributed by atoms with E-state index in [-0.39, 0.29) is 0 Å². The molecule has 0 unspecified atom stereocenters. The van der Waals surface area contributed by atoms with Crippen molar-refractivity contribution in [2.24, 2.45) is 0 Å². The number of aromatic nitrogens is 2. The van der Waals surface area contributed by atoms with Crippen molar-refractivity contribution in [3.05, 3.63) is 176 Å². The predicted octanol–water partition coefficient (Wildman–Crippen LogP) is 12.6. The minimum atomic E-state index is 0.867. The molecular formula is C46H29N3O. The summed E-state index contributed by atoms with van der Waals surface area (Å²) in [4.78, 5) is 13.1. The quantitative estimate of drug-likeness (QED) is 0.176. The summed E-state index contributed by atoms with van der Waals surface area (Å²) in [5.41, 5.74) is 10.5. The van der Waals surface area contributed by atoms with Gasteiger partial charge in [-0.2, -0.15) is 0 Å². The topological polar surface area (TPSA) is 42.2 Å². The van der Waals surface area contributed by atoms with Crippen LogP contribution in [0.25, 0.3) is 77.0 Å². The van der Waals surface area contributed by atoms with E-state index >= 15 is 0 Å². The molecule has 0 N–H and O–H groups in total. The number of hydrogen-bond acceptors (Lipinski definition) is 4. The van der Waals surface area contributed by atoms with Gasteiger partial charge in [-0.3, -0.25) is 0 Å². The SMILES string of the molecule is c1ccc(-c2nc3ccc4ccc5ccc(N(c6ccccc6)c6ccc7oc8ccccc8c7c6)cc5c4c3nc2-c2ccccc2)cc1. The zero-order chi connectivity index (χ0) is 33.0. The van der Waals surface area contributed by atoms with Gasteiger partial charge in [0.05, 0.1) is 22.4 Å². The molecule has 0 spiro atoms. The van der Waals surface area contributed by atoms with Crippen LogP contribution in [0.4, 0.5) is 17.1 Å². The first kappa shape index (κ1) is 28.3. The molecule has 0 aliphatic heterocycles. The Morgan fingerprint density at radius 3 is 1.72 bits per heavy atom. The lowest BCUT2D eigenvalue weighted by atomic mass is 9.98. The molecule has 2 aromatic heterocycles. The van der Waals surface area contributed by atoms with E-state index in [0.717, 1.165) is 94.1 Å². The van der Waals surface area contributed by atoms with Gasteiger partial charge >= 0.3 is 0 Å². The number of benzene rings is 8. The molecule has 0 saturated heterocycles. The summed E-state index contributed by atoms with van der Waals surface area (Å²) in [6.45, 7) is 0. The number of hydrogen-bond donors (Lipinski definition) is 0. The van der Waals surface area contributed by atoms with Crippen molar-refractivity contribution in [2.45, 2.75) is 0 Å². The number of anilines is 3. The first-order chi connectivity index (χ1) is 24.8. The lowest BCUT2D eigenvalue weighted by Gasteiger charge is -2.26. The van der Waals surface area contributed by atoms with Crippen LogP contribution in [-0.2, 0) is 0 Å². The van der Waals surface area contributed by atoms with E-state index in [1.165, 1.54) is 0 Å². The Hall–Kier alpha value is -6.78. The fourth-order valence-corrected chi connectivity index (χ4v) is 7.26. The van der Waals surface area contributed by atoms with Gasteiger partial charge in [-0.1, -0.05) is 121 Å². The summed E-state index contributed by atoms with van der Waals surface area (Å²) in [6, 6.07) is 61.3. The van der Waals surface area contributed by atoms with Gasteiger partial charge in [0.1, 0.15) is 11.2 Å². The monoisotopic (exact) mass is 639 g/mol. The molecule has 0 amide bonds. The maximum atomic E-state index is 6.19. The van der Waals surface area contributed by atoms with Crippen molar-refractivity contribution >= 4 is 71.6 Å². The minimum Gasteiger partial charge on any atom is -0.456 e. The smallest absolute Gasteiger partial charge is 0.135 e. The van der Waals surface area contributed by atoms with Crippen LogP contribution in [0.3, 0.4) is 0 Å². The second kappa shape index (κ2) is 11.4. The van der Waals surface area contributed by atoms with Gasteiger partial charge in [-0.05, 0) is 70.8 Å². The zero-order valence-corrected chi connectivity index (χ0v) is 27.0. The Bertz CT molecular complexity index is 2860. The van der Waals surface area contributed by atoms with Crippen LogP contribution in [0.2, 0.25) is 0 Å². The van der Waals surface area contributed by atoms with Crippen LogP contribution in [0, 0.1) is 0 Å². The third kappa shape index (κ3) is 4.61. The van der Waals surface area contributed by atoms with Gasteiger partial charge in [-0.25, -0.2) is 9.97 Å². The summed E-state index contributed by atoms with van der Waals surface area (Å²) in [5.74, 6) is 0. The average molecular weight is 640 g/mol. The Kier molecular flexibility index (Phi) is 6.46. The molecular weight excluding hydrogens is 611 g/mol. The van der Waals surface area contributed by atoms with Crippen molar-refractivity contribution < 1.29 is 4.42 Å². The maximum Gasteiger partial charge on any atom is 0.135 e. The van der Waals surface area contributed by atoms with Gasteiger partial charge in [0.2, 0.25) is 0 Å². The van der Waals surface area contributed by atoms with Gasteiger partial charge in [0.15, 0.2) is 0 Å². The van der Waals surface area contributed by atoms with E-state index in [4.69, 9.17) is 14.4 Å². The van der Waals surface area contributed by atoms with Crippen LogP contribution in [0.5, 0.6) is 0 Å². The third-order valence-electron chi connectivity index (χ3n) is 9.60. The van der Waals surface area contributed by atoms with Crippen LogP contribution in [-0.4, -0.2) is 9.97 Å². The highest BCUT2D eigenvalue weighted by molar-refractivity contribution is 6.19. The van der Waals surface area contributed by atoms with Crippen molar-refractivity contribution in [1.29, 1.82) is 0 Å². The van der Waals surface area contributed by atoms with E-state index < -0.39 is 0 Å². The Labute approximate surface area is 288 Å². The molecule has 10 aromatic rings. The van der Waals surface area contributed by atoms with Gasteiger partial charge in [0.25, 0.3) is 0 Å². The molecule has 0 atom stereocenters. The average Bonchev–Trinajstić information content (AvgIpc) is 3.56. The molecule has 4 heteroatoms. The van der Waals surface area contributed by atoms with E-state index in [1.54, 1.807) is 0 Å². The molecule has 0 radical (unpaired) electrons. The molecule has 0 saturated carbocycles. The highest BCUT2D eigenvalue weighted by atomic mass is 16.3. The van der Waals surface area contributed by atoms with Crippen LogP contribution in [0.1, 0.15) is 0 Å². The fourth-order valence-electron chi connectivity index (χ4n) is 7.26. The van der Waals surface area contributed by atoms with Gasteiger partial charge in [-0.15, -0.1) is 0 Å². The molecule has 0 fully saturated rings. The van der Waals surface area contributed by atoms with Crippen molar-refractivity contribution in [1.82, 2.24) is 9.97 Å². The van der Waals surface area contributed by atoms with Gasteiger partial charge in [0, 0.05) is 44.3 Å². The molecule has 0 bridgehead atoms. The van der Waals surface area contributed by atoms with Crippen molar-refractivity contribution in [3.63, 3.8) is 0 Å². The molecule has 0 aliphatic rings. The molecule has 0 aliphatic carbocycles. The summed E-state index contributed by atoms with van der Waals surface area (Å²) in [6.07, 6.45) is 0. The summed E-state index contributed by atoms with van der Waals surface area (Å²) in [5, 5.41) is 6.69. The Balaban J connectivity index is 1.24. The fraction of sp³-hybridized carbons (Fsp3) is 0. The van der Waals surface area contributed by atoms with E-state index in [2.05, 4.69) is 157 Å². The molecule has 8 aromatic carbocycles. The second-order valence-electron chi connectivity index (χ2n) is 12.6. The molecule has 10 rings (SSSR count). The van der Waals surface area contributed by atoms with Crippen molar-refractivity contribution in [3.8, 4) is 22.5 Å². The molecule has 2 heterocycles. The highest BCUT2D eigenvalue weighted by Gasteiger charge is 2.19. The largest absolute Gasteiger partial charge is 0.456 e. The van der Waals surface area contributed by atoms with Gasteiger partial charge < -0.3 is 9.32 Å². The lowest BCUT2D eigenvalue weighted by molar-refractivity contribution is 0.669. The van der Waals surface area contributed by atoms with E-state index in [0.29, 0.717) is 0 Å². The highest BCUT2D eigenvalue weighted by Crippen LogP contribution is 2.42. The predicted molar refractivity (Wildman–Crippen MR) is 207 cm³/mol. The van der Waals surface area contributed by atoms with E-state index in [1.807, 2.05) is 24.3 Å². The first-order valence-corrected chi connectivity index (χ1v) is 16.8. The number of fused-ring (bicyclic) bond motifs is 8. The minimum absolute atomic E-state index is 0.867. The Morgan fingerprint density at radius 1 is 0.400 bits per heavy atom. The standard InChI is InChI=1S/C46H29N3O/c1-4-12-32(13-5-1)44-45(33-14-6-2-7-15-33)48-46-40(47-44)26-23-31-21-20-30-22-24-35(28-38(30)43(31)46)49(34-16-8-3-9-17-34)36-25-27-42-39(29-36)37-18-10-11-19-41(37)50-42/h1-29H.